The predicted octanol–water partition coefficient (Wildman–Crippen LogP) is 1.57. The molecule has 0 saturated heterocycles. The molecule has 0 saturated carbocycles. The Morgan fingerprint density at radius 1 is 1.73 bits per heavy atom. The van der Waals surface area contributed by atoms with Crippen LogP contribution in [0.3, 0.4) is 0 Å². The van der Waals surface area contributed by atoms with Crippen molar-refractivity contribution in [3.63, 3.8) is 0 Å². The molecule has 0 aromatic carbocycles. The van der Waals surface area contributed by atoms with Crippen molar-refractivity contribution in [2.45, 2.75) is 20.0 Å². The molecule has 0 spiro atoms. The number of nitrogens with zero attached hydrogens (tertiary/aromatic N) is 1. The molecule has 0 unspecified atom stereocenters. The molecular formula is C6H8F2N2O. The number of aromatic nitrogens is 2. The van der Waals surface area contributed by atoms with Crippen molar-refractivity contribution >= 4 is 0 Å². The second kappa shape index (κ2) is 3.32. The summed E-state index contributed by atoms with van der Waals surface area (Å²) in [6.07, 6.45) is 0.722. The van der Waals surface area contributed by atoms with Gasteiger partial charge in [0.25, 0.3) is 0 Å². The summed E-state index contributed by atoms with van der Waals surface area (Å²) in [7, 11) is 0. The maximum atomic E-state index is 11.6. The van der Waals surface area contributed by atoms with Crippen molar-refractivity contribution in [3.8, 4) is 5.88 Å². The highest BCUT2D eigenvalue weighted by atomic mass is 19.3. The van der Waals surface area contributed by atoms with Crippen LogP contribution in [0.1, 0.15) is 12.6 Å². The van der Waals surface area contributed by atoms with Gasteiger partial charge in [-0.1, -0.05) is 6.92 Å². The molecule has 11 heavy (non-hydrogen) atoms. The van der Waals surface area contributed by atoms with Gasteiger partial charge in [0.1, 0.15) is 0 Å². The molecule has 5 heteroatoms. The summed E-state index contributed by atoms with van der Waals surface area (Å²) in [6, 6.07) is 1.45. The van der Waals surface area contributed by atoms with E-state index in [0.717, 1.165) is 12.1 Å². The van der Waals surface area contributed by atoms with Gasteiger partial charge in [-0.3, -0.25) is 5.10 Å². The lowest BCUT2D eigenvalue weighted by molar-refractivity contribution is -0.0528. The van der Waals surface area contributed by atoms with Crippen LogP contribution in [0.25, 0.3) is 0 Å². The summed E-state index contributed by atoms with van der Waals surface area (Å²) in [4.78, 5) is 0. The van der Waals surface area contributed by atoms with E-state index < -0.39 is 6.61 Å². The van der Waals surface area contributed by atoms with Crippen LogP contribution >= 0.6 is 0 Å². The van der Waals surface area contributed by atoms with Crippen molar-refractivity contribution < 1.29 is 13.5 Å². The van der Waals surface area contributed by atoms with Crippen molar-refractivity contribution in [2.24, 2.45) is 0 Å². The molecule has 0 bridgehead atoms. The summed E-state index contributed by atoms with van der Waals surface area (Å²) < 4.78 is 27.1. The Kier molecular flexibility index (Phi) is 2.40. The van der Waals surface area contributed by atoms with Gasteiger partial charge in [0.15, 0.2) is 0 Å². The smallest absolute Gasteiger partial charge is 0.388 e. The van der Waals surface area contributed by atoms with Crippen LogP contribution in [0.5, 0.6) is 5.88 Å². The Morgan fingerprint density at radius 3 is 2.91 bits per heavy atom. The van der Waals surface area contributed by atoms with Gasteiger partial charge in [-0.25, -0.2) is 0 Å². The molecular weight excluding hydrogens is 154 g/mol. The number of aryl methyl sites for hydroxylation is 1. The van der Waals surface area contributed by atoms with Crippen molar-refractivity contribution in [1.29, 1.82) is 0 Å². The first kappa shape index (κ1) is 7.97. The van der Waals surface area contributed by atoms with Gasteiger partial charge < -0.3 is 4.74 Å². The van der Waals surface area contributed by atoms with E-state index in [-0.39, 0.29) is 5.88 Å². The van der Waals surface area contributed by atoms with Gasteiger partial charge in [-0.05, 0) is 6.42 Å². The van der Waals surface area contributed by atoms with E-state index in [9.17, 15) is 8.78 Å². The molecule has 0 atom stereocenters. The van der Waals surface area contributed by atoms with Crippen LogP contribution in [0.4, 0.5) is 8.78 Å². The molecule has 0 radical (unpaired) electrons. The monoisotopic (exact) mass is 162 g/mol. The lowest BCUT2D eigenvalue weighted by atomic mass is 10.3. The fraction of sp³-hybridized carbons (Fsp3) is 0.500. The Bertz CT molecular complexity index is 224. The topological polar surface area (TPSA) is 37.9 Å². The fourth-order valence-corrected chi connectivity index (χ4v) is 0.673. The number of nitrogens with one attached hydrogen (secondary N) is 1. The Hall–Kier alpha value is -1.13. The first-order valence-corrected chi connectivity index (χ1v) is 3.21. The Labute approximate surface area is 62.4 Å². The third-order valence-electron chi connectivity index (χ3n) is 1.20. The summed E-state index contributed by atoms with van der Waals surface area (Å²) in [6.45, 7) is -0.914. The molecule has 1 N–H and O–H groups in total. The van der Waals surface area contributed by atoms with Crippen molar-refractivity contribution in [2.75, 3.05) is 0 Å². The zero-order valence-corrected chi connectivity index (χ0v) is 5.97. The number of hydrogen-bond donors (Lipinski definition) is 1. The lowest BCUT2D eigenvalue weighted by Gasteiger charge is -1.96. The fourth-order valence-electron chi connectivity index (χ4n) is 0.673. The molecule has 0 fully saturated rings. The first-order chi connectivity index (χ1) is 5.22. The molecule has 1 aromatic rings. The molecule has 62 valence electrons. The largest absolute Gasteiger partial charge is 0.415 e. The first-order valence-electron chi connectivity index (χ1n) is 3.21. The van der Waals surface area contributed by atoms with Gasteiger partial charge in [-0.2, -0.15) is 8.78 Å². The lowest BCUT2D eigenvalue weighted by Crippen LogP contribution is -2.01. The molecule has 0 aliphatic heterocycles. The number of hydrogen-bond acceptors (Lipinski definition) is 2. The molecule has 1 aromatic heterocycles. The summed E-state index contributed by atoms with van der Waals surface area (Å²) in [5.41, 5.74) is 0.778. The number of alkyl halides is 2. The quantitative estimate of drug-likeness (QED) is 0.732. The SMILES string of the molecule is CCc1cc(OC(F)F)n[nH]1. The predicted molar refractivity (Wildman–Crippen MR) is 34.6 cm³/mol. The Morgan fingerprint density at radius 2 is 2.45 bits per heavy atom. The molecule has 0 aliphatic rings. The van der Waals surface area contributed by atoms with E-state index >= 15 is 0 Å². The highest BCUT2D eigenvalue weighted by Crippen LogP contribution is 2.11. The zero-order chi connectivity index (χ0) is 8.27. The van der Waals surface area contributed by atoms with Crippen molar-refractivity contribution in [3.05, 3.63) is 11.8 Å². The third-order valence-corrected chi connectivity index (χ3v) is 1.20. The summed E-state index contributed by atoms with van der Waals surface area (Å²) in [5, 5.41) is 6.05. The highest BCUT2D eigenvalue weighted by Gasteiger charge is 2.06. The minimum Gasteiger partial charge on any atom is -0.415 e. The second-order valence-electron chi connectivity index (χ2n) is 1.96. The minimum absolute atomic E-state index is 0.0585. The molecule has 0 amide bonds. The van der Waals surface area contributed by atoms with E-state index in [0.29, 0.717) is 0 Å². The van der Waals surface area contributed by atoms with Gasteiger partial charge in [0.2, 0.25) is 5.88 Å². The molecule has 0 aliphatic carbocycles. The van der Waals surface area contributed by atoms with Crippen molar-refractivity contribution in [1.82, 2.24) is 10.2 Å². The van der Waals surface area contributed by atoms with E-state index in [1.165, 1.54) is 6.07 Å². The van der Waals surface area contributed by atoms with Crippen LogP contribution in [0.2, 0.25) is 0 Å². The maximum absolute atomic E-state index is 11.6. The van der Waals surface area contributed by atoms with E-state index in [1.807, 2.05) is 6.92 Å². The number of rotatable bonds is 3. The van der Waals surface area contributed by atoms with E-state index in [1.54, 1.807) is 0 Å². The average Bonchev–Trinajstić information content (AvgIpc) is 2.34. The summed E-state index contributed by atoms with van der Waals surface area (Å²) >= 11 is 0. The number of halogens is 2. The molecule has 1 rings (SSSR count). The van der Waals surface area contributed by atoms with Gasteiger partial charge in [0.05, 0.1) is 0 Å². The minimum atomic E-state index is -2.80. The van der Waals surface area contributed by atoms with E-state index in [2.05, 4.69) is 14.9 Å². The van der Waals surface area contributed by atoms with Crippen LogP contribution < -0.4 is 4.74 Å². The van der Waals surface area contributed by atoms with Gasteiger partial charge in [0, 0.05) is 11.8 Å². The summed E-state index contributed by atoms with van der Waals surface area (Å²) in [5.74, 6) is -0.0585. The normalized spacial score (nSPS) is 10.5. The van der Waals surface area contributed by atoms with Gasteiger partial charge >= 0.3 is 6.61 Å². The van der Waals surface area contributed by atoms with Crippen LogP contribution in [0, 0.1) is 0 Å². The number of aromatic amines is 1. The Balaban J connectivity index is 2.58. The standard InChI is InChI=1S/C6H8F2N2O/c1-2-4-3-5(10-9-4)11-6(7)8/h3,6H,2H2,1H3,(H,9,10). The zero-order valence-electron chi connectivity index (χ0n) is 5.97. The van der Waals surface area contributed by atoms with Crippen LogP contribution in [-0.4, -0.2) is 16.8 Å². The maximum Gasteiger partial charge on any atom is 0.388 e. The molecule has 3 nitrogen and oxygen atoms in total. The second-order valence-corrected chi connectivity index (χ2v) is 1.96. The van der Waals surface area contributed by atoms with Gasteiger partial charge in [-0.15, -0.1) is 5.10 Å². The number of H-pyrrole nitrogens is 1. The van der Waals surface area contributed by atoms with Crippen LogP contribution in [0.15, 0.2) is 6.07 Å². The van der Waals surface area contributed by atoms with E-state index in [4.69, 9.17) is 0 Å². The number of ether oxygens (including phenoxy) is 1. The average molecular weight is 162 g/mol. The highest BCUT2D eigenvalue weighted by molar-refractivity contribution is 5.13. The van der Waals surface area contributed by atoms with Crippen LogP contribution in [-0.2, 0) is 6.42 Å². The third kappa shape index (κ3) is 2.18. The molecule has 1 heterocycles.